The van der Waals surface area contributed by atoms with Crippen molar-refractivity contribution in [3.05, 3.63) is 75.8 Å². The summed E-state index contributed by atoms with van der Waals surface area (Å²) in [6.07, 6.45) is 0. The van der Waals surface area contributed by atoms with Gasteiger partial charge in [-0.3, -0.25) is 9.59 Å². The van der Waals surface area contributed by atoms with E-state index in [0.29, 0.717) is 16.5 Å². The quantitative estimate of drug-likeness (QED) is 0.691. The number of carbonyl (C=O) groups is 1. The lowest BCUT2D eigenvalue weighted by atomic mass is 10.2. The van der Waals surface area contributed by atoms with E-state index in [1.807, 2.05) is 0 Å². The highest BCUT2D eigenvalue weighted by Crippen LogP contribution is 2.22. The number of hydrogen-bond acceptors (Lipinski definition) is 4. The molecule has 1 aliphatic rings. The summed E-state index contributed by atoms with van der Waals surface area (Å²) in [5, 5.41) is 0.632. The Kier molecular flexibility index (Phi) is 5.17. The molecule has 0 saturated carbocycles. The van der Waals surface area contributed by atoms with Crippen molar-refractivity contribution in [1.29, 1.82) is 0 Å². The number of aromatic amines is 1. The molecule has 1 amide bonds. The van der Waals surface area contributed by atoms with E-state index < -0.39 is 15.8 Å². The number of H-pyrrole nitrogens is 1. The fraction of sp³-hybridized carbons (Fsp3) is 0.238. The van der Waals surface area contributed by atoms with Gasteiger partial charge in [0.2, 0.25) is 10.0 Å². The second-order valence-electron chi connectivity index (χ2n) is 7.24. The number of nitrogens with zero attached hydrogens (tertiary/aromatic N) is 2. The topological polar surface area (TPSA) is 90.6 Å². The predicted octanol–water partition coefficient (Wildman–Crippen LogP) is 2.12. The maximum absolute atomic E-state index is 13.4. The minimum absolute atomic E-state index is 0.131. The molecule has 7 nitrogen and oxygen atoms in total. The normalized spacial score (nSPS) is 15.5. The molecule has 0 unspecified atom stereocenters. The number of aryl methyl sites for hydroxylation is 1. The van der Waals surface area contributed by atoms with Crippen LogP contribution in [0.5, 0.6) is 0 Å². The zero-order chi connectivity index (χ0) is 21.5. The number of halogens is 1. The molecule has 1 fully saturated rings. The SMILES string of the molecule is Cc1cc2cc(S(=O)(=O)N3CCN(C(=O)c4cccc(F)c4)CC3)ccc2[nH]c1=O. The maximum atomic E-state index is 13.4. The van der Waals surface area contributed by atoms with Gasteiger partial charge in [0.15, 0.2) is 0 Å². The van der Waals surface area contributed by atoms with Crippen LogP contribution in [0.15, 0.2) is 58.2 Å². The van der Waals surface area contributed by atoms with Gasteiger partial charge in [-0.1, -0.05) is 6.07 Å². The number of piperazine rings is 1. The van der Waals surface area contributed by atoms with Crippen LogP contribution in [0, 0.1) is 12.7 Å². The first-order chi connectivity index (χ1) is 14.3. The summed E-state index contributed by atoms with van der Waals surface area (Å²) in [6, 6.07) is 11.7. The van der Waals surface area contributed by atoms with Crippen molar-refractivity contribution in [3.63, 3.8) is 0 Å². The third-order valence-electron chi connectivity index (χ3n) is 5.24. The van der Waals surface area contributed by atoms with Gasteiger partial charge in [-0.25, -0.2) is 12.8 Å². The van der Waals surface area contributed by atoms with E-state index in [9.17, 15) is 22.4 Å². The first-order valence-electron chi connectivity index (χ1n) is 9.44. The molecular formula is C21H20FN3O4S. The summed E-state index contributed by atoms with van der Waals surface area (Å²) in [5.41, 5.74) is 1.10. The van der Waals surface area contributed by atoms with E-state index in [1.54, 1.807) is 19.1 Å². The van der Waals surface area contributed by atoms with Crippen LogP contribution in [0.1, 0.15) is 15.9 Å². The van der Waals surface area contributed by atoms with E-state index in [-0.39, 0.29) is 48.1 Å². The molecule has 1 aliphatic heterocycles. The number of carbonyl (C=O) groups excluding carboxylic acids is 1. The van der Waals surface area contributed by atoms with Gasteiger partial charge in [-0.2, -0.15) is 4.31 Å². The summed E-state index contributed by atoms with van der Waals surface area (Å²) in [6.45, 7) is 2.38. The highest BCUT2D eigenvalue weighted by atomic mass is 32.2. The molecule has 9 heteroatoms. The Morgan fingerprint density at radius 1 is 1.03 bits per heavy atom. The van der Waals surface area contributed by atoms with Gasteiger partial charge >= 0.3 is 0 Å². The number of fused-ring (bicyclic) bond motifs is 1. The Labute approximate surface area is 172 Å². The molecule has 4 rings (SSSR count). The molecule has 1 aromatic heterocycles. The average Bonchev–Trinajstić information content (AvgIpc) is 2.74. The number of amides is 1. The van der Waals surface area contributed by atoms with Crippen LogP contribution in [0.3, 0.4) is 0 Å². The van der Waals surface area contributed by atoms with Crippen molar-refractivity contribution in [3.8, 4) is 0 Å². The van der Waals surface area contributed by atoms with Crippen molar-refractivity contribution in [2.24, 2.45) is 0 Å². The van der Waals surface area contributed by atoms with E-state index in [0.717, 1.165) is 0 Å². The lowest BCUT2D eigenvalue weighted by molar-refractivity contribution is 0.0697. The molecule has 2 heterocycles. The standard InChI is InChI=1S/C21H20FN3O4S/c1-14-11-16-13-18(5-6-19(16)23-20(14)26)30(28,29)25-9-7-24(8-10-25)21(27)15-3-2-4-17(22)12-15/h2-6,11-13H,7-10H2,1H3,(H,23,26). The molecule has 2 aromatic carbocycles. The van der Waals surface area contributed by atoms with Crippen molar-refractivity contribution in [2.45, 2.75) is 11.8 Å². The Morgan fingerprint density at radius 2 is 1.77 bits per heavy atom. The summed E-state index contributed by atoms with van der Waals surface area (Å²) < 4.78 is 40.9. The van der Waals surface area contributed by atoms with Crippen LogP contribution in [-0.2, 0) is 10.0 Å². The Morgan fingerprint density at radius 3 is 2.47 bits per heavy atom. The van der Waals surface area contributed by atoms with Crippen LogP contribution >= 0.6 is 0 Å². The summed E-state index contributed by atoms with van der Waals surface area (Å²) in [4.78, 5) is 28.7. The van der Waals surface area contributed by atoms with Gasteiger partial charge in [0.05, 0.1) is 4.90 Å². The highest BCUT2D eigenvalue weighted by Gasteiger charge is 2.30. The zero-order valence-electron chi connectivity index (χ0n) is 16.3. The van der Waals surface area contributed by atoms with Gasteiger partial charge in [-0.05, 0) is 54.8 Å². The lowest BCUT2D eigenvalue weighted by Crippen LogP contribution is -2.50. The molecule has 1 saturated heterocycles. The van der Waals surface area contributed by atoms with Crippen molar-refractivity contribution in [2.75, 3.05) is 26.2 Å². The second-order valence-corrected chi connectivity index (χ2v) is 9.18. The van der Waals surface area contributed by atoms with Crippen LogP contribution < -0.4 is 5.56 Å². The van der Waals surface area contributed by atoms with E-state index in [1.165, 1.54) is 45.6 Å². The summed E-state index contributed by atoms with van der Waals surface area (Å²) >= 11 is 0. The molecule has 30 heavy (non-hydrogen) atoms. The smallest absolute Gasteiger partial charge is 0.254 e. The molecule has 0 radical (unpaired) electrons. The predicted molar refractivity (Wildman–Crippen MR) is 110 cm³/mol. The van der Waals surface area contributed by atoms with Gasteiger partial charge in [-0.15, -0.1) is 0 Å². The Bertz CT molecular complexity index is 1300. The third kappa shape index (κ3) is 3.73. The van der Waals surface area contributed by atoms with Gasteiger partial charge in [0.1, 0.15) is 5.82 Å². The number of nitrogens with one attached hydrogen (secondary N) is 1. The number of aromatic nitrogens is 1. The first kappa shape index (κ1) is 20.2. The van der Waals surface area contributed by atoms with E-state index >= 15 is 0 Å². The number of hydrogen-bond donors (Lipinski definition) is 1. The number of rotatable bonds is 3. The fourth-order valence-corrected chi connectivity index (χ4v) is 5.00. The van der Waals surface area contributed by atoms with Gasteiger partial charge in [0, 0.05) is 42.8 Å². The Balaban J connectivity index is 1.52. The Hall–Kier alpha value is -3.04. The molecule has 1 N–H and O–H groups in total. The van der Waals surface area contributed by atoms with Crippen LogP contribution in [-0.4, -0.2) is 54.7 Å². The van der Waals surface area contributed by atoms with Crippen LogP contribution in [0.4, 0.5) is 4.39 Å². The number of sulfonamides is 1. The molecule has 156 valence electrons. The highest BCUT2D eigenvalue weighted by molar-refractivity contribution is 7.89. The van der Waals surface area contributed by atoms with Crippen LogP contribution in [0.25, 0.3) is 10.9 Å². The molecule has 3 aromatic rings. The van der Waals surface area contributed by atoms with E-state index in [2.05, 4.69) is 4.98 Å². The third-order valence-corrected chi connectivity index (χ3v) is 7.13. The van der Waals surface area contributed by atoms with Gasteiger partial charge in [0.25, 0.3) is 11.5 Å². The van der Waals surface area contributed by atoms with Crippen molar-refractivity contribution < 1.29 is 17.6 Å². The molecular weight excluding hydrogens is 409 g/mol. The minimum atomic E-state index is -3.75. The van der Waals surface area contributed by atoms with Gasteiger partial charge < -0.3 is 9.88 Å². The molecule has 0 spiro atoms. The summed E-state index contributed by atoms with van der Waals surface area (Å²) in [7, 11) is -3.75. The monoisotopic (exact) mass is 429 g/mol. The van der Waals surface area contributed by atoms with Crippen molar-refractivity contribution >= 4 is 26.8 Å². The fourth-order valence-electron chi connectivity index (χ4n) is 3.54. The molecule has 0 bridgehead atoms. The van der Waals surface area contributed by atoms with Crippen LogP contribution in [0.2, 0.25) is 0 Å². The molecule has 0 aliphatic carbocycles. The largest absolute Gasteiger partial charge is 0.336 e. The van der Waals surface area contributed by atoms with E-state index in [4.69, 9.17) is 0 Å². The van der Waals surface area contributed by atoms with Crippen molar-refractivity contribution in [1.82, 2.24) is 14.2 Å². The number of pyridine rings is 1. The number of benzene rings is 2. The average molecular weight is 429 g/mol. The second kappa shape index (κ2) is 7.66. The molecule has 0 atom stereocenters. The maximum Gasteiger partial charge on any atom is 0.254 e. The lowest BCUT2D eigenvalue weighted by Gasteiger charge is -2.34. The summed E-state index contributed by atoms with van der Waals surface area (Å²) in [5.74, 6) is -0.813. The first-order valence-corrected chi connectivity index (χ1v) is 10.9. The zero-order valence-corrected chi connectivity index (χ0v) is 17.1. The minimum Gasteiger partial charge on any atom is -0.336 e.